The zero-order chi connectivity index (χ0) is 16.4. The summed E-state index contributed by atoms with van der Waals surface area (Å²) >= 11 is 0. The van der Waals surface area contributed by atoms with E-state index in [0.29, 0.717) is 17.3 Å². The molecule has 1 N–H and O–H groups in total. The summed E-state index contributed by atoms with van der Waals surface area (Å²) in [5.41, 5.74) is 0.648. The second-order valence-electron chi connectivity index (χ2n) is 4.78. The maximum Gasteiger partial charge on any atom is 0.261 e. The van der Waals surface area contributed by atoms with Gasteiger partial charge in [0, 0.05) is 12.5 Å². The predicted octanol–water partition coefficient (Wildman–Crippen LogP) is 2.98. The summed E-state index contributed by atoms with van der Waals surface area (Å²) < 4.78 is 45.2. The summed E-state index contributed by atoms with van der Waals surface area (Å²) in [6, 6.07) is 11.3. The van der Waals surface area contributed by atoms with Crippen LogP contribution in [0.15, 0.2) is 57.9 Å². The van der Waals surface area contributed by atoms with Crippen LogP contribution in [0.2, 0.25) is 0 Å². The second-order valence-corrected chi connectivity index (χ2v) is 6.46. The number of benzene rings is 2. The van der Waals surface area contributed by atoms with E-state index in [-0.39, 0.29) is 10.6 Å². The van der Waals surface area contributed by atoms with Crippen LogP contribution in [0.25, 0.3) is 11.4 Å². The number of sulfonamides is 1. The minimum atomic E-state index is -3.86. The third-order valence-corrected chi connectivity index (χ3v) is 4.39. The fourth-order valence-corrected chi connectivity index (χ4v) is 3.08. The Morgan fingerprint density at radius 1 is 1.13 bits per heavy atom. The van der Waals surface area contributed by atoms with Gasteiger partial charge in [-0.05, 0) is 30.3 Å². The molecule has 0 bridgehead atoms. The first-order valence-electron chi connectivity index (χ1n) is 6.63. The maximum absolute atomic E-state index is 13.2. The van der Waals surface area contributed by atoms with Gasteiger partial charge in [0.1, 0.15) is 5.82 Å². The van der Waals surface area contributed by atoms with E-state index in [0.717, 1.165) is 6.07 Å². The van der Waals surface area contributed by atoms with E-state index < -0.39 is 15.8 Å². The molecule has 0 aliphatic rings. The highest BCUT2D eigenvalue weighted by molar-refractivity contribution is 7.92. The van der Waals surface area contributed by atoms with Crippen LogP contribution in [0.5, 0.6) is 0 Å². The van der Waals surface area contributed by atoms with E-state index in [1.54, 1.807) is 19.1 Å². The highest BCUT2D eigenvalue weighted by atomic mass is 32.2. The van der Waals surface area contributed by atoms with Crippen LogP contribution in [0.4, 0.5) is 10.1 Å². The van der Waals surface area contributed by atoms with Crippen molar-refractivity contribution in [1.29, 1.82) is 0 Å². The van der Waals surface area contributed by atoms with Crippen molar-refractivity contribution in [3.8, 4) is 11.4 Å². The highest BCUT2D eigenvalue weighted by Gasteiger charge is 2.16. The summed E-state index contributed by atoms with van der Waals surface area (Å²) in [5.74, 6) is 0.151. The van der Waals surface area contributed by atoms with Crippen LogP contribution in [0.1, 0.15) is 5.89 Å². The molecule has 2 aromatic carbocycles. The lowest BCUT2D eigenvalue weighted by Gasteiger charge is -2.08. The maximum atomic E-state index is 13.2. The predicted molar refractivity (Wildman–Crippen MR) is 81.7 cm³/mol. The van der Waals surface area contributed by atoms with Crippen molar-refractivity contribution in [2.24, 2.45) is 0 Å². The number of anilines is 1. The Morgan fingerprint density at radius 3 is 2.61 bits per heavy atom. The van der Waals surface area contributed by atoms with Crippen molar-refractivity contribution in [3.05, 3.63) is 60.2 Å². The number of aromatic nitrogens is 2. The molecule has 3 aromatic rings. The van der Waals surface area contributed by atoms with Crippen molar-refractivity contribution < 1.29 is 17.3 Å². The molecule has 0 unspecified atom stereocenters. The summed E-state index contributed by atoms with van der Waals surface area (Å²) in [7, 11) is -3.86. The number of nitrogens with zero attached hydrogens (tertiary/aromatic N) is 2. The normalized spacial score (nSPS) is 11.4. The van der Waals surface area contributed by atoms with Gasteiger partial charge < -0.3 is 4.52 Å². The quantitative estimate of drug-likeness (QED) is 0.793. The lowest BCUT2D eigenvalue weighted by Crippen LogP contribution is -2.13. The fraction of sp³-hybridized carbons (Fsp3) is 0.0667. The molecule has 1 aromatic heterocycles. The minimum absolute atomic E-state index is 0.0155. The van der Waals surface area contributed by atoms with Crippen LogP contribution >= 0.6 is 0 Å². The summed E-state index contributed by atoms with van der Waals surface area (Å²) in [5, 5.41) is 3.75. The van der Waals surface area contributed by atoms with Crippen LogP contribution < -0.4 is 4.72 Å². The Morgan fingerprint density at radius 2 is 1.91 bits per heavy atom. The molecule has 0 radical (unpaired) electrons. The van der Waals surface area contributed by atoms with Crippen LogP contribution in [0, 0.1) is 12.7 Å². The van der Waals surface area contributed by atoms with E-state index in [1.807, 2.05) is 0 Å². The number of hydrogen-bond acceptors (Lipinski definition) is 5. The monoisotopic (exact) mass is 333 g/mol. The number of halogens is 1. The number of aryl methyl sites for hydroxylation is 1. The van der Waals surface area contributed by atoms with Gasteiger partial charge >= 0.3 is 0 Å². The molecular formula is C15H12FN3O3S. The Balaban J connectivity index is 1.94. The number of hydrogen-bond donors (Lipinski definition) is 1. The van der Waals surface area contributed by atoms with Gasteiger partial charge in [0.2, 0.25) is 11.7 Å². The molecule has 0 saturated carbocycles. The molecule has 0 spiro atoms. The molecule has 0 fully saturated rings. The van der Waals surface area contributed by atoms with E-state index in [4.69, 9.17) is 4.52 Å². The summed E-state index contributed by atoms with van der Waals surface area (Å²) in [4.78, 5) is 4.07. The Bertz CT molecular complexity index is 954. The zero-order valence-electron chi connectivity index (χ0n) is 12.0. The van der Waals surface area contributed by atoms with E-state index in [9.17, 15) is 12.8 Å². The first-order chi connectivity index (χ1) is 10.9. The van der Waals surface area contributed by atoms with Gasteiger partial charge in [-0.3, -0.25) is 4.72 Å². The topological polar surface area (TPSA) is 85.1 Å². The Kier molecular flexibility index (Phi) is 3.83. The smallest absolute Gasteiger partial charge is 0.261 e. The molecule has 0 atom stereocenters. The first kappa shape index (κ1) is 15.2. The van der Waals surface area contributed by atoms with Gasteiger partial charge in [-0.2, -0.15) is 4.98 Å². The van der Waals surface area contributed by atoms with Gasteiger partial charge in [0.15, 0.2) is 0 Å². The largest absolute Gasteiger partial charge is 0.339 e. The Hall–Kier alpha value is -2.74. The molecule has 0 aliphatic carbocycles. The first-order valence-corrected chi connectivity index (χ1v) is 8.11. The fourth-order valence-electron chi connectivity index (χ4n) is 1.98. The lowest BCUT2D eigenvalue weighted by molar-refractivity contribution is 0.394. The molecule has 3 rings (SSSR count). The summed E-state index contributed by atoms with van der Waals surface area (Å²) in [6.45, 7) is 1.64. The van der Waals surface area contributed by atoms with Gasteiger partial charge in [-0.15, -0.1) is 0 Å². The van der Waals surface area contributed by atoms with Crippen LogP contribution in [-0.2, 0) is 10.0 Å². The highest BCUT2D eigenvalue weighted by Crippen LogP contribution is 2.22. The zero-order valence-corrected chi connectivity index (χ0v) is 12.8. The van der Waals surface area contributed by atoms with Crippen molar-refractivity contribution in [2.75, 3.05) is 4.72 Å². The molecule has 0 saturated heterocycles. The molecule has 8 heteroatoms. The minimum Gasteiger partial charge on any atom is -0.339 e. The lowest BCUT2D eigenvalue weighted by atomic mass is 10.2. The standard InChI is InChI=1S/C15H12FN3O3S/c1-10-17-15(18-22-10)11-4-2-7-14(8-11)23(20,21)19-13-6-3-5-12(16)9-13/h2-9,19H,1H3. The molecule has 6 nitrogen and oxygen atoms in total. The second kappa shape index (κ2) is 5.81. The van der Waals surface area contributed by atoms with Crippen molar-refractivity contribution in [1.82, 2.24) is 10.1 Å². The van der Waals surface area contributed by atoms with Crippen LogP contribution in [0.3, 0.4) is 0 Å². The molecule has 23 heavy (non-hydrogen) atoms. The van der Waals surface area contributed by atoms with E-state index in [2.05, 4.69) is 14.9 Å². The molecule has 118 valence electrons. The van der Waals surface area contributed by atoms with Crippen molar-refractivity contribution >= 4 is 15.7 Å². The molecule has 1 heterocycles. The average molecular weight is 333 g/mol. The van der Waals surface area contributed by atoms with Crippen LogP contribution in [-0.4, -0.2) is 18.6 Å². The number of rotatable bonds is 4. The van der Waals surface area contributed by atoms with E-state index in [1.165, 1.54) is 30.3 Å². The average Bonchev–Trinajstić information content (AvgIpc) is 2.94. The molecule has 0 amide bonds. The van der Waals surface area contributed by atoms with Crippen molar-refractivity contribution in [3.63, 3.8) is 0 Å². The summed E-state index contributed by atoms with van der Waals surface area (Å²) in [6.07, 6.45) is 0. The molecule has 0 aliphatic heterocycles. The third-order valence-electron chi connectivity index (χ3n) is 3.01. The van der Waals surface area contributed by atoms with Gasteiger partial charge in [-0.1, -0.05) is 23.4 Å². The Labute approximate surface area is 132 Å². The number of nitrogens with one attached hydrogen (secondary N) is 1. The molecular weight excluding hydrogens is 321 g/mol. The third kappa shape index (κ3) is 3.37. The van der Waals surface area contributed by atoms with Gasteiger partial charge in [0.05, 0.1) is 10.6 Å². The van der Waals surface area contributed by atoms with Gasteiger partial charge in [0.25, 0.3) is 10.0 Å². The SMILES string of the molecule is Cc1nc(-c2cccc(S(=O)(=O)Nc3cccc(F)c3)c2)no1. The van der Waals surface area contributed by atoms with E-state index >= 15 is 0 Å². The van der Waals surface area contributed by atoms with Crippen molar-refractivity contribution in [2.45, 2.75) is 11.8 Å². The van der Waals surface area contributed by atoms with Gasteiger partial charge in [-0.25, -0.2) is 12.8 Å².